The minimum atomic E-state index is 0.525. The Morgan fingerprint density at radius 1 is 1.57 bits per heavy atom. The molecule has 1 fully saturated rings. The van der Waals surface area contributed by atoms with Crippen LogP contribution >= 0.6 is 11.8 Å². The lowest BCUT2D eigenvalue weighted by Crippen LogP contribution is -2.35. The van der Waals surface area contributed by atoms with Crippen LogP contribution < -0.4 is 5.32 Å². The van der Waals surface area contributed by atoms with E-state index >= 15 is 0 Å². The molecule has 0 saturated carbocycles. The first-order valence-electron chi connectivity index (χ1n) is 5.70. The third-order valence-corrected chi connectivity index (χ3v) is 3.36. The maximum Gasteiger partial charge on any atom is 0.0591 e. The highest BCUT2D eigenvalue weighted by atomic mass is 32.2. The summed E-state index contributed by atoms with van der Waals surface area (Å²) in [5.41, 5.74) is 0. The van der Waals surface area contributed by atoms with Gasteiger partial charge in [0.2, 0.25) is 0 Å². The lowest BCUT2D eigenvalue weighted by Gasteiger charge is -2.20. The second-order valence-corrected chi connectivity index (χ2v) is 4.89. The van der Waals surface area contributed by atoms with Gasteiger partial charge in [0.1, 0.15) is 0 Å². The van der Waals surface area contributed by atoms with Crippen LogP contribution in [0.2, 0.25) is 0 Å². The quantitative estimate of drug-likeness (QED) is 0.707. The fourth-order valence-electron chi connectivity index (χ4n) is 1.91. The van der Waals surface area contributed by atoms with Crippen molar-refractivity contribution in [1.29, 1.82) is 0 Å². The zero-order chi connectivity index (χ0) is 10.2. The lowest BCUT2D eigenvalue weighted by atomic mass is 10.1. The topological polar surface area (TPSA) is 21.3 Å². The number of hydrogen-bond donors (Lipinski definition) is 1. The Morgan fingerprint density at radius 3 is 3.00 bits per heavy atom. The molecule has 2 unspecified atom stereocenters. The molecular weight excluding hydrogens is 194 g/mol. The van der Waals surface area contributed by atoms with Crippen LogP contribution in [0.1, 0.15) is 32.6 Å². The van der Waals surface area contributed by atoms with Crippen LogP contribution in [0.3, 0.4) is 0 Å². The standard InChI is InChI=1S/C11H23NOS/c1-3-6-12-10(9-14-2)8-11-5-4-7-13-11/h10-12H,3-9H2,1-2H3. The highest BCUT2D eigenvalue weighted by Crippen LogP contribution is 2.18. The SMILES string of the molecule is CCCNC(CSC)CC1CCCO1. The summed E-state index contributed by atoms with van der Waals surface area (Å²) in [4.78, 5) is 0. The van der Waals surface area contributed by atoms with Gasteiger partial charge in [-0.3, -0.25) is 0 Å². The average Bonchev–Trinajstić information content (AvgIpc) is 2.67. The number of rotatable bonds is 7. The first-order valence-corrected chi connectivity index (χ1v) is 7.10. The van der Waals surface area contributed by atoms with Crippen LogP contribution in [0.25, 0.3) is 0 Å². The molecule has 0 aromatic rings. The molecule has 0 aliphatic carbocycles. The average molecular weight is 217 g/mol. The summed E-state index contributed by atoms with van der Waals surface area (Å²) in [5.74, 6) is 1.21. The Hall–Kier alpha value is 0.270. The van der Waals surface area contributed by atoms with E-state index in [0.29, 0.717) is 12.1 Å². The van der Waals surface area contributed by atoms with Crippen molar-refractivity contribution in [2.45, 2.75) is 44.8 Å². The van der Waals surface area contributed by atoms with Gasteiger partial charge in [-0.15, -0.1) is 0 Å². The van der Waals surface area contributed by atoms with Crippen molar-refractivity contribution in [3.05, 3.63) is 0 Å². The molecule has 1 saturated heterocycles. The molecule has 3 heteroatoms. The van der Waals surface area contributed by atoms with E-state index in [1.165, 1.54) is 31.4 Å². The zero-order valence-corrected chi connectivity index (χ0v) is 10.2. The first kappa shape index (κ1) is 12.3. The third kappa shape index (κ3) is 4.67. The van der Waals surface area contributed by atoms with Gasteiger partial charge in [-0.25, -0.2) is 0 Å². The molecule has 2 atom stereocenters. The van der Waals surface area contributed by atoms with E-state index in [-0.39, 0.29) is 0 Å². The molecule has 0 amide bonds. The molecule has 1 aliphatic rings. The Balaban J connectivity index is 2.18. The highest BCUT2D eigenvalue weighted by Gasteiger charge is 2.19. The molecule has 0 aromatic heterocycles. The van der Waals surface area contributed by atoms with E-state index < -0.39 is 0 Å². The Kier molecular flexibility index (Phi) is 6.65. The summed E-state index contributed by atoms with van der Waals surface area (Å²) in [5, 5.41) is 3.60. The predicted octanol–water partition coefficient (Wildman–Crippen LogP) is 2.29. The second-order valence-electron chi connectivity index (χ2n) is 3.98. The molecule has 1 rings (SSSR count). The second kappa shape index (κ2) is 7.55. The van der Waals surface area contributed by atoms with Gasteiger partial charge in [0.05, 0.1) is 6.10 Å². The van der Waals surface area contributed by atoms with E-state index in [2.05, 4.69) is 18.5 Å². The molecule has 2 nitrogen and oxygen atoms in total. The van der Waals surface area contributed by atoms with Crippen LogP contribution in [0.15, 0.2) is 0 Å². The Morgan fingerprint density at radius 2 is 2.43 bits per heavy atom. The van der Waals surface area contributed by atoms with Crippen molar-refractivity contribution < 1.29 is 4.74 Å². The van der Waals surface area contributed by atoms with Crippen molar-refractivity contribution in [1.82, 2.24) is 5.32 Å². The third-order valence-electron chi connectivity index (χ3n) is 2.62. The molecule has 14 heavy (non-hydrogen) atoms. The minimum absolute atomic E-state index is 0.525. The molecule has 84 valence electrons. The number of hydrogen-bond acceptors (Lipinski definition) is 3. The van der Waals surface area contributed by atoms with Crippen molar-refractivity contribution in [3.8, 4) is 0 Å². The van der Waals surface area contributed by atoms with E-state index in [9.17, 15) is 0 Å². The molecule has 1 N–H and O–H groups in total. The fourth-order valence-corrected chi connectivity index (χ4v) is 2.56. The number of ether oxygens (including phenoxy) is 1. The van der Waals surface area contributed by atoms with E-state index in [1.807, 2.05) is 11.8 Å². The number of thioether (sulfide) groups is 1. The Labute approximate surface area is 92.2 Å². The molecule has 0 spiro atoms. The molecule has 0 aromatic carbocycles. The van der Waals surface area contributed by atoms with Crippen molar-refractivity contribution >= 4 is 11.8 Å². The summed E-state index contributed by atoms with van der Waals surface area (Å²) in [7, 11) is 0. The summed E-state index contributed by atoms with van der Waals surface area (Å²) in [6.45, 7) is 4.33. The summed E-state index contributed by atoms with van der Waals surface area (Å²) < 4.78 is 5.66. The minimum Gasteiger partial charge on any atom is -0.378 e. The van der Waals surface area contributed by atoms with Gasteiger partial charge in [0.25, 0.3) is 0 Å². The fraction of sp³-hybridized carbons (Fsp3) is 1.00. The maximum absolute atomic E-state index is 5.66. The van der Waals surface area contributed by atoms with Gasteiger partial charge >= 0.3 is 0 Å². The lowest BCUT2D eigenvalue weighted by molar-refractivity contribution is 0.0968. The molecule has 1 heterocycles. The van der Waals surface area contributed by atoms with E-state index in [4.69, 9.17) is 4.74 Å². The highest BCUT2D eigenvalue weighted by molar-refractivity contribution is 7.98. The largest absolute Gasteiger partial charge is 0.378 e. The molecule has 0 radical (unpaired) electrons. The van der Waals surface area contributed by atoms with Gasteiger partial charge < -0.3 is 10.1 Å². The van der Waals surface area contributed by atoms with Gasteiger partial charge in [-0.2, -0.15) is 11.8 Å². The van der Waals surface area contributed by atoms with Crippen LogP contribution in [-0.4, -0.2) is 37.3 Å². The molecule has 1 aliphatic heterocycles. The van der Waals surface area contributed by atoms with Gasteiger partial charge in [0, 0.05) is 18.4 Å². The predicted molar refractivity (Wildman–Crippen MR) is 64.1 cm³/mol. The number of nitrogens with one attached hydrogen (secondary N) is 1. The first-order chi connectivity index (χ1) is 6.86. The summed E-state index contributed by atoms with van der Waals surface area (Å²) in [6.07, 6.45) is 7.63. The molecular formula is C11H23NOS. The smallest absolute Gasteiger partial charge is 0.0591 e. The van der Waals surface area contributed by atoms with Crippen LogP contribution in [-0.2, 0) is 4.74 Å². The van der Waals surface area contributed by atoms with Gasteiger partial charge in [0.15, 0.2) is 0 Å². The van der Waals surface area contributed by atoms with Crippen molar-refractivity contribution in [3.63, 3.8) is 0 Å². The van der Waals surface area contributed by atoms with Crippen LogP contribution in [0.5, 0.6) is 0 Å². The van der Waals surface area contributed by atoms with E-state index in [1.54, 1.807) is 0 Å². The Bertz CT molecular complexity index is 137. The van der Waals surface area contributed by atoms with Gasteiger partial charge in [-0.05, 0) is 38.5 Å². The van der Waals surface area contributed by atoms with Crippen molar-refractivity contribution in [2.75, 3.05) is 25.2 Å². The normalized spacial score (nSPS) is 24.0. The van der Waals surface area contributed by atoms with Crippen molar-refractivity contribution in [2.24, 2.45) is 0 Å². The van der Waals surface area contributed by atoms with Gasteiger partial charge in [-0.1, -0.05) is 6.92 Å². The molecule has 0 bridgehead atoms. The maximum atomic E-state index is 5.66. The summed E-state index contributed by atoms with van der Waals surface area (Å²) in [6, 6.07) is 0.646. The van der Waals surface area contributed by atoms with Crippen LogP contribution in [0, 0.1) is 0 Å². The van der Waals surface area contributed by atoms with Crippen LogP contribution in [0.4, 0.5) is 0 Å². The monoisotopic (exact) mass is 217 g/mol. The summed E-state index contributed by atoms with van der Waals surface area (Å²) >= 11 is 1.93. The zero-order valence-electron chi connectivity index (χ0n) is 9.42. The van der Waals surface area contributed by atoms with E-state index in [0.717, 1.165) is 13.2 Å².